The van der Waals surface area contributed by atoms with Crippen LogP contribution in [0.15, 0.2) is 48.7 Å². The topological polar surface area (TPSA) is 154 Å². The maximum atomic E-state index is 13.0. The first kappa shape index (κ1) is 29.2. The third-order valence-corrected chi connectivity index (χ3v) is 6.35. The van der Waals surface area contributed by atoms with Crippen LogP contribution in [0.3, 0.4) is 0 Å². The molecule has 0 aliphatic rings. The van der Waals surface area contributed by atoms with Crippen LogP contribution >= 0.6 is 0 Å². The summed E-state index contributed by atoms with van der Waals surface area (Å²) in [6, 6.07) is 12.0. The van der Waals surface area contributed by atoms with Crippen molar-refractivity contribution in [2.24, 2.45) is 12.2 Å². The average Bonchev–Trinajstić information content (AvgIpc) is 3.20. The number of benzene rings is 2. The molecule has 3 rings (SSSR count). The van der Waals surface area contributed by atoms with Gasteiger partial charge >= 0.3 is 0 Å². The molecule has 0 fully saturated rings. The van der Waals surface area contributed by atoms with Crippen LogP contribution in [0.25, 0.3) is 11.3 Å². The molecule has 0 bridgehead atoms. The molecule has 6 N–H and O–H groups in total. The SMILES string of the molecule is CC(C)Oc1ccc(C(=O)N[C@H](CNS(N)(=O)=O)Cc2ccc(-c3cn(C)c(C(C)(C)C)n3)cc2)cc1N. The number of nitrogens with zero attached hydrogens (tertiary/aromatic N) is 2. The summed E-state index contributed by atoms with van der Waals surface area (Å²) in [5.74, 6) is 1.08. The molecule has 0 saturated heterocycles. The van der Waals surface area contributed by atoms with Crippen LogP contribution in [0.2, 0.25) is 0 Å². The summed E-state index contributed by atoms with van der Waals surface area (Å²) in [7, 11) is -1.96. The van der Waals surface area contributed by atoms with E-state index < -0.39 is 22.2 Å². The molecule has 1 atom stereocenters. The Labute approximate surface area is 225 Å². The Morgan fingerprint density at radius 1 is 1.13 bits per heavy atom. The largest absolute Gasteiger partial charge is 0.489 e. The maximum Gasteiger partial charge on any atom is 0.274 e. The van der Waals surface area contributed by atoms with Gasteiger partial charge < -0.3 is 20.4 Å². The predicted molar refractivity (Wildman–Crippen MR) is 150 cm³/mol. The zero-order valence-electron chi connectivity index (χ0n) is 22.8. The van der Waals surface area contributed by atoms with Gasteiger partial charge in [0.05, 0.1) is 17.5 Å². The molecule has 10 nitrogen and oxygen atoms in total. The number of imidazole rings is 1. The van der Waals surface area contributed by atoms with Crippen molar-refractivity contribution in [1.29, 1.82) is 0 Å². The lowest BCUT2D eigenvalue weighted by atomic mass is 9.96. The van der Waals surface area contributed by atoms with Gasteiger partial charge in [0.2, 0.25) is 0 Å². The number of hydrogen-bond acceptors (Lipinski definition) is 6. The Kier molecular flexibility index (Phi) is 8.86. The number of ether oxygens (including phenoxy) is 1. The van der Waals surface area contributed by atoms with Crippen LogP contribution in [-0.4, -0.2) is 42.6 Å². The van der Waals surface area contributed by atoms with Crippen molar-refractivity contribution >= 4 is 21.8 Å². The molecule has 0 aliphatic heterocycles. The van der Waals surface area contributed by atoms with E-state index in [1.807, 2.05) is 55.9 Å². The highest BCUT2D eigenvalue weighted by atomic mass is 32.2. The molecular formula is C27H38N6O4S. The highest BCUT2D eigenvalue weighted by molar-refractivity contribution is 7.87. The van der Waals surface area contributed by atoms with Gasteiger partial charge in [-0.15, -0.1) is 0 Å². The fourth-order valence-corrected chi connectivity index (χ4v) is 4.54. The number of anilines is 1. The molecule has 0 saturated carbocycles. The molecule has 1 amide bonds. The predicted octanol–water partition coefficient (Wildman–Crippen LogP) is 2.89. The molecule has 38 heavy (non-hydrogen) atoms. The molecule has 206 valence electrons. The fourth-order valence-electron chi connectivity index (χ4n) is 4.11. The number of aromatic nitrogens is 2. The number of amides is 1. The van der Waals surface area contributed by atoms with E-state index in [1.54, 1.807) is 12.1 Å². The van der Waals surface area contributed by atoms with Crippen molar-refractivity contribution in [3.8, 4) is 17.0 Å². The van der Waals surface area contributed by atoms with Gasteiger partial charge in [-0.3, -0.25) is 4.79 Å². The minimum Gasteiger partial charge on any atom is -0.489 e. The normalized spacial score (nSPS) is 12.9. The maximum absolute atomic E-state index is 13.0. The molecule has 3 aromatic rings. The number of nitrogen functional groups attached to an aromatic ring is 1. The Morgan fingerprint density at radius 2 is 1.79 bits per heavy atom. The van der Waals surface area contributed by atoms with Gasteiger partial charge in [-0.05, 0) is 44.0 Å². The summed E-state index contributed by atoms with van der Waals surface area (Å²) in [6.07, 6.45) is 2.31. The highest BCUT2D eigenvalue weighted by Crippen LogP contribution is 2.26. The zero-order valence-corrected chi connectivity index (χ0v) is 23.6. The molecular weight excluding hydrogens is 504 g/mol. The highest BCUT2D eigenvalue weighted by Gasteiger charge is 2.21. The van der Waals surface area contributed by atoms with Crippen LogP contribution in [0.1, 0.15) is 56.4 Å². The summed E-state index contributed by atoms with van der Waals surface area (Å²) >= 11 is 0. The molecule has 0 radical (unpaired) electrons. The molecule has 0 unspecified atom stereocenters. The van der Waals surface area contributed by atoms with E-state index in [9.17, 15) is 13.2 Å². The molecule has 1 heterocycles. The number of nitrogens with two attached hydrogens (primary N) is 2. The van der Waals surface area contributed by atoms with Gasteiger partial charge in [-0.25, -0.2) is 14.8 Å². The Hall–Kier alpha value is -3.41. The van der Waals surface area contributed by atoms with Crippen LogP contribution in [0.5, 0.6) is 5.75 Å². The second-order valence-electron chi connectivity index (χ2n) is 10.7. The molecule has 1 aromatic heterocycles. The van der Waals surface area contributed by atoms with E-state index in [2.05, 4.69) is 30.8 Å². The lowest BCUT2D eigenvalue weighted by Crippen LogP contribution is -2.46. The molecule has 11 heteroatoms. The van der Waals surface area contributed by atoms with E-state index in [4.69, 9.17) is 20.6 Å². The Balaban J connectivity index is 1.77. The smallest absolute Gasteiger partial charge is 0.274 e. The van der Waals surface area contributed by atoms with Crippen molar-refractivity contribution in [3.05, 3.63) is 65.6 Å². The second kappa shape index (κ2) is 11.5. The first-order valence-corrected chi connectivity index (χ1v) is 13.9. The number of carbonyl (C=O) groups is 1. The quantitative estimate of drug-likeness (QED) is 0.289. The summed E-state index contributed by atoms with van der Waals surface area (Å²) in [6.45, 7) is 10.0. The average molecular weight is 543 g/mol. The van der Waals surface area contributed by atoms with Crippen molar-refractivity contribution in [1.82, 2.24) is 19.6 Å². The fraction of sp³-hybridized carbons (Fsp3) is 0.407. The van der Waals surface area contributed by atoms with E-state index >= 15 is 0 Å². The lowest BCUT2D eigenvalue weighted by molar-refractivity contribution is 0.0937. The molecule has 0 aliphatic carbocycles. The number of carbonyl (C=O) groups excluding carboxylic acids is 1. The summed E-state index contributed by atoms with van der Waals surface area (Å²) < 4.78 is 33.0. The summed E-state index contributed by atoms with van der Waals surface area (Å²) in [5.41, 5.74) is 9.38. The summed E-state index contributed by atoms with van der Waals surface area (Å²) in [4.78, 5) is 17.8. The standard InChI is InChI=1S/C27H38N6O4S/c1-17(2)37-24-12-11-20(14-22(24)28)25(34)31-21(15-30-38(29,35)36)13-18-7-9-19(10-8-18)23-16-33(6)26(32-23)27(3,4)5/h7-12,14,16-17,21,30H,13,15,28H2,1-6H3,(H,31,34)(H2,29,35,36)/t21-/m0/s1. The third kappa shape index (κ3) is 8.04. The van der Waals surface area contributed by atoms with Crippen molar-refractivity contribution in [2.45, 2.75) is 58.6 Å². The third-order valence-electron chi connectivity index (χ3n) is 5.78. The van der Waals surface area contributed by atoms with Gasteiger partial charge in [-0.2, -0.15) is 8.42 Å². The zero-order chi connectivity index (χ0) is 28.3. The molecule has 2 aromatic carbocycles. The summed E-state index contributed by atoms with van der Waals surface area (Å²) in [5, 5.41) is 8.02. The van der Waals surface area contributed by atoms with Gasteiger partial charge in [0.1, 0.15) is 11.6 Å². The van der Waals surface area contributed by atoms with Crippen LogP contribution in [-0.2, 0) is 29.1 Å². The second-order valence-corrected chi connectivity index (χ2v) is 12.1. The van der Waals surface area contributed by atoms with E-state index in [0.29, 0.717) is 23.4 Å². The van der Waals surface area contributed by atoms with Gasteiger partial charge in [0, 0.05) is 42.4 Å². The van der Waals surface area contributed by atoms with Crippen LogP contribution in [0, 0.1) is 0 Å². The van der Waals surface area contributed by atoms with Crippen molar-refractivity contribution in [2.75, 3.05) is 12.3 Å². The van der Waals surface area contributed by atoms with Gasteiger partial charge in [-0.1, -0.05) is 45.0 Å². The monoisotopic (exact) mass is 542 g/mol. The van der Waals surface area contributed by atoms with E-state index in [1.165, 1.54) is 6.07 Å². The Morgan fingerprint density at radius 3 is 2.32 bits per heavy atom. The minimum absolute atomic E-state index is 0.0600. The van der Waals surface area contributed by atoms with E-state index in [0.717, 1.165) is 22.6 Å². The van der Waals surface area contributed by atoms with Gasteiger partial charge in [0.15, 0.2) is 0 Å². The number of rotatable bonds is 10. The van der Waals surface area contributed by atoms with Crippen LogP contribution < -0.4 is 25.6 Å². The number of nitrogens with one attached hydrogen (secondary N) is 2. The number of hydrogen-bond donors (Lipinski definition) is 4. The minimum atomic E-state index is -3.94. The number of aryl methyl sites for hydroxylation is 1. The van der Waals surface area contributed by atoms with Crippen molar-refractivity contribution < 1.29 is 17.9 Å². The van der Waals surface area contributed by atoms with Crippen LogP contribution in [0.4, 0.5) is 5.69 Å². The first-order valence-electron chi connectivity index (χ1n) is 12.4. The Bertz CT molecular complexity index is 1380. The molecule has 0 spiro atoms. The van der Waals surface area contributed by atoms with Crippen molar-refractivity contribution in [3.63, 3.8) is 0 Å². The van der Waals surface area contributed by atoms with Gasteiger partial charge in [0.25, 0.3) is 16.1 Å². The lowest BCUT2D eigenvalue weighted by Gasteiger charge is -2.20. The first-order chi connectivity index (χ1) is 17.6. The van der Waals surface area contributed by atoms with E-state index in [-0.39, 0.29) is 18.1 Å².